The highest BCUT2D eigenvalue weighted by Crippen LogP contribution is 2.39. The van der Waals surface area contributed by atoms with Crippen molar-refractivity contribution in [2.24, 2.45) is 11.7 Å². The third-order valence-electron chi connectivity index (χ3n) is 5.35. The zero-order chi connectivity index (χ0) is 18.8. The number of benzene rings is 1. The fraction of sp³-hybridized carbons (Fsp3) is 0.500. The summed E-state index contributed by atoms with van der Waals surface area (Å²) in [6, 6.07) is 3.05. The molecule has 0 amide bonds. The second-order valence-corrected chi connectivity index (χ2v) is 6.88. The Kier molecular flexibility index (Phi) is 5.41. The van der Waals surface area contributed by atoms with Gasteiger partial charge in [0.25, 0.3) is 0 Å². The third kappa shape index (κ3) is 3.26. The Hall–Kier alpha value is -2.21. The van der Waals surface area contributed by atoms with Crippen LogP contribution in [0.1, 0.15) is 54.9 Å². The molecule has 140 valence electrons. The minimum absolute atomic E-state index is 0.0580. The average molecular weight is 360 g/mol. The van der Waals surface area contributed by atoms with Crippen molar-refractivity contribution in [2.45, 2.75) is 45.6 Å². The number of carbonyl (C=O) groups is 1. The summed E-state index contributed by atoms with van der Waals surface area (Å²) in [4.78, 5) is 24.8. The van der Waals surface area contributed by atoms with Gasteiger partial charge in [-0.3, -0.25) is 4.79 Å². The summed E-state index contributed by atoms with van der Waals surface area (Å²) in [5, 5.41) is 0.215. The minimum atomic E-state index is -0.673. The number of aryl methyl sites for hydroxylation is 1. The van der Waals surface area contributed by atoms with Crippen LogP contribution < -0.4 is 11.2 Å². The van der Waals surface area contributed by atoms with Gasteiger partial charge < -0.3 is 15.0 Å². The molecule has 0 radical (unpaired) electrons. The van der Waals surface area contributed by atoms with E-state index in [1.807, 2.05) is 6.92 Å². The van der Waals surface area contributed by atoms with Crippen LogP contribution in [0.4, 0.5) is 4.39 Å². The van der Waals surface area contributed by atoms with Gasteiger partial charge in [-0.1, -0.05) is 0 Å². The number of fused-ring (bicyclic) bond motifs is 1. The summed E-state index contributed by atoms with van der Waals surface area (Å²) in [7, 11) is 0. The van der Waals surface area contributed by atoms with E-state index < -0.39 is 11.4 Å². The van der Waals surface area contributed by atoms with E-state index in [1.165, 1.54) is 12.3 Å². The first-order valence-corrected chi connectivity index (χ1v) is 9.23. The van der Waals surface area contributed by atoms with E-state index >= 15 is 0 Å². The molecule has 2 unspecified atom stereocenters. The Morgan fingerprint density at radius 1 is 1.35 bits per heavy atom. The Balaban J connectivity index is 2.14. The molecular weight excluding hydrogens is 335 g/mol. The van der Waals surface area contributed by atoms with Crippen molar-refractivity contribution < 1.29 is 13.9 Å². The number of hydrogen-bond donors (Lipinski definition) is 1. The van der Waals surface area contributed by atoms with Gasteiger partial charge in [-0.05, 0) is 69.2 Å². The quantitative estimate of drug-likeness (QED) is 0.831. The maximum Gasteiger partial charge on any atom is 0.343 e. The van der Waals surface area contributed by atoms with Crippen LogP contribution in [0.25, 0.3) is 10.9 Å². The van der Waals surface area contributed by atoms with Crippen molar-refractivity contribution in [1.82, 2.24) is 4.57 Å². The molecule has 1 saturated carbocycles. The van der Waals surface area contributed by atoms with Gasteiger partial charge in [0.2, 0.25) is 5.43 Å². The predicted octanol–water partition coefficient (Wildman–Crippen LogP) is 3.18. The third-order valence-corrected chi connectivity index (χ3v) is 5.35. The summed E-state index contributed by atoms with van der Waals surface area (Å²) in [5.41, 5.74) is 6.50. The topological polar surface area (TPSA) is 74.3 Å². The number of nitrogens with zero attached hydrogens (tertiary/aromatic N) is 1. The van der Waals surface area contributed by atoms with E-state index in [1.54, 1.807) is 17.6 Å². The van der Waals surface area contributed by atoms with E-state index in [9.17, 15) is 14.0 Å². The van der Waals surface area contributed by atoms with Gasteiger partial charge in [0.15, 0.2) is 0 Å². The Labute approximate surface area is 151 Å². The maximum absolute atomic E-state index is 14.8. The molecule has 1 aromatic carbocycles. The molecule has 1 aliphatic rings. The van der Waals surface area contributed by atoms with Gasteiger partial charge in [-0.2, -0.15) is 0 Å². The second kappa shape index (κ2) is 7.58. The highest BCUT2D eigenvalue weighted by molar-refractivity contribution is 5.94. The first-order chi connectivity index (χ1) is 12.5. The van der Waals surface area contributed by atoms with Crippen molar-refractivity contribution >= 4 is 16.9 Å². The summed E-state index contributed by atoms with van der Waals surface area (Å²) < 4.78 is 21.6. The maximum atomic E-state index is 14.8. The molecule has 2 aromatic rings. The summed E-state index contributed by atoms with van der Waals surface area (Å²) in [6.07, 6.45) is 4.29. The van der Waals surface area contributed by atoms with Crippen LogP contribution in [-0.2, 0) is 11.3 Å². The first-order valence-electron chi connectivity index (χ1n) is 9.23. The molecule has 0 spiro atoms. The number of esters is 1. The molecule has 5 nitrogen and oxygen atoms in total. The Morgan fingerprint density at radius 2 is 2.12 bits per heavy atom. The number of nitrogens with two attached hydrogens (primary N) is 1. The minimum Gasteiger partial charge on any atom is -0.462 e. The molecule has 6 heteroatoms. The molecule has 1 aromatic heterocycles. The highest BCUT2D eigenvalue weighted by atomic mass is 19.1. The van der Waals surface area contributed by atoms with E-state index in [0.29, 0.717) is 30.1 Å². The second-order valence-electron chi connectivity index (χ2n) is 6.88. The number of carbonyl (C=O) groups excluding carboxylic acids is 1. The molecule has 0 saturated heterocycles. The lowest BCUT2D eigenvalue weighted by molar-refractivity contribution is 0.0524. The molecule has 3 rings (SSSR count). The SMILES string of the molecule is CCOC(=O)c1cn(CC)c2cc(C3CCC(CN)C3)c(F)cc2c1=O. The predicted molar refractivity (Wildman–Crippen MR) is 98.9 cm³/mol. The molecule has 1 heterocycles. The molecule has 2 atom stereocenters. The van der Waals surface area contributed by atoms with Crippen LogP contribution in [0, 0.1) is 11.7 Å². The molecular formula is C20H25FN2O3. The number of rotatable bonds is 5. The van der Waals surface area contributed by atoms with Crippen molar-refractivity contribution in [3.05, 3.63) is 45.5 Å². The standard InChI is InChI=1S/C20H25FN2O3/c1-3-23-11-16(20(25)26-4-2)19(24)15-8-17(21)14(9-18(15)23)13-6-5-12(7-13)10-22/h8-9,11-13H,3-7,10,22H2,1-2H3. The van der Waals surface area contributed by atoms with Crippen LogP contribution in [0.3, 0.4) is 0 Å². The van der Waals surface area contributed by atoms with Crippen LogP contribution in [0.5, 0.6) is 0 Å². The average Bonchev–Trinajstić information content (AvgIpc) is 3.11. The fourth-order valence-corrected chi connectivity index (χ4v) is 3.93. The summed E-state index contributed by atoms with van der Waals surface area (Å²) in [6.45, 7) is 4.96. The van der Waals surface area contributed by atoms with Gasteiger partial charge in [-0.15, -0.1) is 0 Å². The van der Waals surface area contributed by atoms with Crippen molar-refractivity contribution in [1.29, 1.82) is 0 Å². The highest BCUT2D eigenvalue weighted by Gasteiger charge is 2.28. The normalized spacial score (nSPS) is 19.8. The molecule has 2 N–H and O–H groups in total. The molecule has 1 fully saturated rings. The smallest absolute Gasteiger partial charge is 0.343 e. The van der Waals surface area contributed by atoms with E-state index in [4.69, 9.17) is 10.5 Å². The van der Waals surface area contributed by atoms with Crippen LogP contribution >= 0.6 is 0 Å². The van der Waals surface area contributed by atoms with E-state index in [2.05, 4.69) is 0 Å². The first kappa shape index (κ1) is 18.6. The van der Waals surface area contributed by atoms with Crippen LogP contribution in [0.15, 0.2) is 23.1 Å². The fourth-order valence-electron chi connectivity index (χ4n) is 3.93. The van der Waals surface area contributed by atoms with Crippen molar-refractivity contribution in [2.75, 3.05) is 13.2 Å². The monoisotopic (exact) mass is 360 g/mol. The number of aromatic nitrogens is 1. The Morgan fingerprint density at radius 3 is 2.73 bits per heavy atom. The molecule has 0 aliphatic heterocycles. The van der Waals surface area contributed by atoms with E-state index in [0.717, 1.165) is 19.3 Å². The lowest BCUT2D eigenvalue weighted by Crippen LogP contribution is -2.21. The van der Waals surface area contributed by atoms with Crippen LogP contribution in [-0.4, -0.2) is 23.7 Å². The van der Waals surface area contributed by atoms with E-state index in [-0.39, 0.29) is 29.3 Å². The lowest BCUT2D eigenvalue weighted by Gasteiger charge is -2.16. The van der Waals surface area contributed by atoms with Crippen LogP contribution in [0.2, 0.25) is 0 Å². The summed E-state index contributed by atoms with van der Waals surface area (Å²) >= 11 is 0. The number of ether oxygens (including phenoxy) is 1. The number of pyridine rings is 1. The molecule has 0 bridgehead atoms. The molecule has 26 heavy (non-hydrogen) atoms. The van der Waals surface area contributed by atoms with Gasteiger partial charge in [0.1, 0.15) is 11.4 Å². The van der Waals surface area contributed by atoms with Gasteiger partial charge in [0, 0.05) is 18.1 Å². The van der Waals surface area contributed by atoms with Gasteiger partial charge in [0.05, 0.1) is 12.1 Å². The van der Waals surface area contributed by atoms with Gasteiger partial charge in [-0.25, -0.2) is 9.18 Å². The lowest BCUT2D eigenvalue weighted by atomic mass is 9.94. The van der Waals surface area contributed by atoms with Gasteiger partial charge >= 0.3 is 5.97 Å². The van der Waals surface area contributed by atoms with Crippen molar-refractivity contribution in [3.8, 4) is 0 Å². The largest absolute Gasteiger partial charge is 0.462 e. The number of hydrogen-bond acceptors (Lipinski definition) is 4. The molecule has 1 aliphatic carbocycles. The zero-order valence-electron chi connectivity index (χ0n) is 15.3. The zero-order valence-corrected chi connectivity index (χ0v) is 15.3. The number of halogens is 1. The summed E-state index contributed by atoms with van der Waals surface area (Å²) in [5.74, 6) is -0.513. The van der Waals surface area contributed by atoms with Crippen molar-refractivity contribution in [3.63, 3.8) is 0 Å². The Bertz CT molecular complexity index is 891.